The molecular weight excluding hydrogens is 272 g/mol. The summed E-state index contributed by atoms with van der Waals surface area (Å²) in [5.41, 5.74) is 3.22. The molecule has 0 bridgehead atoms. The molecule has 0 aromatic heterocycles. The molecule has 0 heterocycles. The van der Waals surface area contributed by atoms with E-state index in [-0.39, 0.29) is 11.5 Å². The summed E-state index contributed by atoms with van der Waals surface area (Å²) in [6, 6.07) is 6.69. The zero-order chi connectivity index (χ0) is 15.5. The first kappa shape index (κ1) is 14.6. The summed E-state index contributed by atoms with van der Waals surface area (Å²) in [7, 11) is 1.75. The van der Waals surface area contributed by atoms with Gasteiger partial charge in [-0.05, 0) is 84.5 Å². The minimum Gasteiger partial charge on any atom is -0.497 e. The molecule has 0 unspecified atom stereocenters. The SMILES string of the molecule is COc1ccc2c(c1)C[C@@H](C)[C@@H]1[C@@H]2CC[C@]2(C)[C@@H](O)CC[C@@H]12. The summed E-state index contributed by atoms with van der Waals surface area (Å²) in [5, 5.41) is 10.5. The van der Waals surface area contributed by atoms with Gasteiger partial charge in [0.2, 0.25) is 0 Å². The molecule has 2 fully saturated rings. The molecule has 0 spiro atoms. The van der Waals surface area contributed by atoms with E-state index in [4.69, 9.17) is 4.74 Å². The zero-order valence-corrected chi connectivity index (χ0v) is 14.0. The standard InChI is InChI=1S/C20H28O2/c1-12-10-13-11-14(22-3)4-5-15(13)16-8-9-20(2)17(19(12)16)6-7-18(20)21/h4-5,11-12,16-19,21H,6-10H2,1-3H3/t12-,16-,17+,18+,19-,20+/m1/s1. The molecule has 2 saturated carbocycles. The van der Waals surface area contributed by atoms with Crippen LogP contribution in [0.3, 0.4) is 0 Å². The predicted octanol–water partition coefficient (Wildman–Crippen LogP) is 4.16. The Morgan fingerprint density at radius 2 is 2.05 bits per heavy atom. The van der Waals surface area contributed by atoms with Crippen molar-refractivity contribution in [3.8, 4) is 5.75 Å². The maximum atomic E-state index is 10.5. The fourth-order valence-electron chi connectivity index (χ4n) is 6.05. The number of rotatable bonds is 1. The molecule has 1 aromatic carbocycles. The molecule has 3 aliphatic rings. The Labute approximate surface area is 133 Å². The average Bonchev–Trinajstić information content (AvgIpc) is 2.82. The Morgan fingerprint density at radius 3 is 2.82 bits per heavy atom. The van der Waals surface area contributed by atoms with Crippen LogP contribution in [0.25, 0.3) is 0 Å². The average molecular weight is 300 g/mol. The number of aliphatic hydroxyl groups excluding tert-OH is 1. The van der Waals surface area contributed by atoms with Crippen LogP contribution < -0.4 is 4.74 Å². The van der Waals surface area contributed by atoms with Crippen molar-refractivity contribution in [2.24, 2.45) is 23.2 Å². The molecular formula is C20H28O2. The fourth-order valence-corrected chi connectivity index (χ4v) is 6.05. The number of fused-ring (bicyclic) bond motifs is 5. The van der Waals surface area contributed by atoms with Gasteiger partial charge in [-0.25, -0.2) is 0 Å². The first-order valence-electron chi connectivity index (χ1n) is 8.89. The van der Waals surface area contributed by atoms with Gasteiger partial charge in [-0.3, -0.25) is 0 Å². The van der Waals surface area contributed by atoms with Crippen LogP contribution in [0.1, 0.15) is 56.6 Å². The zero-order valence-electron chi connectivity index (χ0n) is 14.0. The van der Waals surface area contributed by atoms with Gasteiger partial charge in [0.1, 0.15) is 5.75 Å². The lowest BCUT2D eigenvalue weighted by molar-refractivity contribution is -0.0356. The van der Waals surface area contributed by atoms with Crippen LogP contribution in [-0.4, -0.2) is 18.3 Å². The Kier molecular flexibility index (Phi) is 3.30. The maximum Gasteiger partial charge on any atom is 0.119 e. The van der Waals surface area contributed by atoms with Gasteiger partial charge in [0.15, 0.2) is 0 Å². The van der Waals surface area contributed by atoms with Gasteiger partial charge in [0.05, 0.1) is 13.2 Å². The normalized spacial score (nSPS) is 43.2. The Morgan fingerprint density at radius 1 is 1.23 bits per heavy atom. The van der Waals surface area contributed by atoms with E-state index in [0.717, 1.165) is 24.5 Å². The molecule has 0 aliphatic heterocycles. The van der Waals surface area contributed by atoms with E-state index in [1.807, 2.05) is 0 Å². The molecule has 1 N–H and O–H groups in total. The summed E-state index contributed by atoms with van der Waals surface area (Å²) < 4.78 is 5.42. The second-order valence-corrected chi connectivity index (χ2v) is 8.17. The molecule has 1 aromatic rings. The highest BCUT2D eigenvalue weighted by Gasteiger charge is 2.55. The van der Waals surface area contributed by atoms with Crippen LogP contribution in [0.4, 0.5) is 0 Å². The third-order valence-corrected chi connectivity index (χ3v) is 7.23. The Bertz CT molecular complexity index is 581. The second kappa shape index (κ2) is 4.99. The van der Waals surface area contributed by atoms with Crippen molar-refractivity contribution in [1.82, 2.24) is 0 Å². The van der Waals surface area contributed by atoms with Gasteiger partial charge in [-0.1, -0.05) is 19.9 Å². The topological polar surface area (TPSA) is 29.5 Å². The van der Waals surface area contributed by atoms with Gasteiger partial charge in [0.25, 0.3) is 0 Å². The van der Waals surface area contributed by atoms with Crippen LogP contribution in [0.2, 0.25) is 0 Å². The van der Waals surface area contributed by atoms with Crippen molar-refractivity contribution in [1.29, 1.82) is 0 Å². The minimum atomic E-state index is -0.0806. The predicted molar refractivity (Wildman–Crippen MR) is 88.2 cm³/mol. The summed E-state index contributed by atoms with van der Waals surface area (Å²) >= 11 is 0. The first-order chi connectivity index (χ1) is 10.5. The minimum absolute atomic E-state index is 0.0806. The van der Waals surface area contributed by atoms with Crippen LogP contribution in [0.15, 0.2) is 18.2 Å². The molecule has 0 amide bonds. The van der Waals surface area contributed by atoms with Crippen molar-refractivity contribution in [2.75, 3.05) is 7.11 Å². The van der Waals surface area contributed by atoms with Gasteiger partial charge < -0.3 is 9.84 Å². The van der Waals surface area contributed by atoms with Crippen LogP contribution in [0.5, 0.6) is 5.75 Å². The summed E-state index contributed by atoms with van der Waals surface area (Å²) in [5.74, 6) is 3.83. The summed E-state index contributed by atoms with van der Waals surface area (Å²) in [6.45, 7) is 4.78. The van der Waals surface area contributed by atoms with Crippen LogP contribution >= 0.6 is 0 Å². The molecule has 120 valence electrons. The lowest BCUT2D eigenvalue weighted by Gasteiger charge is -2.52. The highest BCUT2D eigenvalue weighted by molar-refractivity contribution is 5.41. The van der Waals surface area contributed by atoms with Crippen molar-refractivity contribution >= 4 is 0 Å². The lowest BCUT2D eigenvalue weighted by atomic mass is 9.53. The van der Waals surface area contributed by atoms with Crippen molar-refractivity contribution < 1.29 is 9.84 Å². The molecule has 2 nitrogen and oxygen atoms in total. The number of aliphatic hydroxyl groups is 1. The van der Waals surface area contributed by atoms with Gasteiger partial charge >= 0.3 is 0 Å². The van der Waals surface area contributed by atoms with Crippen molar-refractivity contribution in [3.63, 3.8) is 0 Å². The summed E-state index contributed by atoms with van der Waals surface area (Å²) in [6.07, 6.45) is 5.72. The van der Waals surface area contributed by atoms with Crippen LogP contribution in [0, 0.1) is 23.2 Å². The number of ether oxygens (including phenoxy) is 1. The largest absolute Gasteiger partial charge is 0.497 e. The molecule has 3 aliphatic carbocycles. The molecule has 22 heavy (non-hydrogen) atoms. The molecule has 2 heteroatoms. The Balaban J connectivity index is 1.73. The highest BCUT2D eigenvalue weighted by atomic mass is 16.5. The van der Waals surface area contributed by atoms with Crippen LogP contribution in [-0.2, 0) is 6.42 Å². The second-order valence-electron chi connectivity index (χ2n) is 8.17. The van der Waals surface area contributed by atoms with Gasteiger partial charge in [-0.2, -0.15) is 0 Å². The molecule has 0 saturated heterocycles. The molecule has 4 rings (SSSR count). The quantitative estimate of drug-likeness (QED) is 0.844. The molecule has 6 atom stereocenters. The monoisotopic (exact) mass is 300 g/mol. The van der Waals surface area contributed by atoms with E-state index < -0.39 is 0 Å². The first-order valence-corrected chi connectivity index (χ1v) is 8.89. The van der Waals surface area contributed by atoms with Gasteiger partial charge in [0, 0.05) is 0 Å². The fraction of sp³-hybridized carbons (Fsp3) is 0.700. The van der Waals surface area contributed by atoms with Crippen molar-refractivity contribution in [3.05, 3.63) is 29.3 Å². The number of benzene rings is 1. The number of hydrogen-bond donors (Lipinski definition) is 1. The van der Waals surface area contributed by atoms with E-state index in [2.05, 4.69) is 32.0 Å². The van der Waals surface area contributed by atoms with E-state index in [1.165, 1.54) is 24.8 Å². The number of hydrogen-bond acceptors (Lipinski definition) is 2. The lowest BCUT2D eigenvalue weighted by Crippen LogP contribution is -2.46. The van der Waals surface area contributed by atoms with E-state index in [1.54, 1.807) is 12.7 Å². The highest BCUT2D eigenvalue weighted by Crippen LogP contribution is 2.62. The van der Waals surface area contributed by atoms with E-state index >= 15 is 0 Å². The van der Waals surface area contributed by atoms with Crippen molar-refractivity contribution in [2.45, 2.75) is 58.0 Å². The van der Waals surface area contributed by atoms with E-state index in [9.17, 15) is 5.11 Å². The third-order valence-electron chi connectivity index (χ3n) is 7.23. The third kappa shape index (κ3) is 1.89. The smallest absolute Gasteiger partial charge is 0.119 e. The number of methoxy groups -OCH3 is 1. The maximum absolute atomic E-state index is 10.5. The Hall–Kier alpha value is -1.02. The summed E-state index contributed by atoms with van der Waals surface area (Å²) in [4.78, 5) is 0. The van der Waals surface area contributed by atoms with E-state index in [0.29, 0.717) is 17.8 Å². The van der Waals surface area contributed by atoms with Gasteiger partial charge in [-0.15, -0.1) is 0 Å². The molecule has 0 radical (unpaired) electrons.